The van der Waals surface area contributed by atoms with E-state index < -0.39 is 29.6 Å². The third-order valence-electron chi connectivity index (χ3n) is 3.21. The number of hydrogen-bond acceptors (Lipinski definition) is 2. The number of nitrogens with zero attached hydrogens (tertiary/aromatic N) is 1. The van der Waals surface area contributed by atoms with Crippen LogP contribution in [0.3, 0.4) is 0 Å². The lowest BCUT2D eigenvalue weighted by atomic mass is 10.1. The molecule has 19 heavy (non-hydrogen) atoms. The zero-order valence-electron chi connectivity index (χ0n) is 10.1. The molecule has 0 spiro atoms. The van der Waals surface area contributed by atoms with Gasteiger partial charge in [-0.05, 0) is 31.0 Å². The number of amides is 1. The number of rotatable bonds is 3. The minimum absolute atomic E-state index is 0.0546. The Morgan fingerprint density at radius 1 is 1.37 bits per heavy atom. The Bertz CT molecular complexity index is 519. The van der Waals surface area contributed by atoms with Crippen molar-refractivity contribution in [2.75, 3.05) is 6.54 Å². The molecule has 2 rings (SSSR count). The van der Waals surface area contributed by atoms with Gasteiger partial charge < -0.3 is 10.0 Å². The maximum atomic E-state index is 13.4. The molecule has 1 N–H and O–H groups in total. The lowest BCUT2D eigenvalue weighted by Crippen LogP contribution is -2.41. The van der Waals surface area contributed by atoms with Crippen LogP contribution in [0.1, 0.15) is 18.4 Å². The first-order valence-corrected chi connectivity index (χ1v) is 5.95. The second-order valence-corrected chi connectivity index (χ2v) is 4.50. The van der Waals surface area contributed by atoms with Gasteiger partial charge in [-0.15, -0.1) is 0 Å². The standard InChI is InChI=1S/C13H13F2NO3/c14-9-3-4-10(15)8(6-9)7-12(17)16-5-1-2-11(16)13(18)19/h3-4,6,11H,1-2,5,7H2,(H,18,19). The monoisotopic (exact) mass is 269 g/mol. The van der Waals surface area contributed by atoms with Crippen LogP contribution < -0.4 is 0 Å². The molecular formula is C13H13F2NO3. The van der Waals surface area contributed by atoms with Gasteiger partial charge in [0.1, 0.15) is 17.7 Å². The van der Waals surface area contributed by atoms with Crippen LogP contribution in [0.5, 0.6) is 0 Å². The van der Waals surface area contributed by atoms with E-state index in [2.05, 4.69) is 0 Å². The Labute approximate surface area is 108 Å². The molecule has 1 unspecified atom stereocenters. The van der Waals surface area contributed by atoms with Gasteiger partial charge >= 0.3 is 5.97 Å². The second kappa shape index (κ2) is 5.34. The molecule has 6 heteroatoms. The molecular weight excluding hydrogens is 256 g/mol. The van der Waals surface area contributed by atoms with Crippen LogP contribution in [0.4, 0.5) is 8.78 Å². The average molecular weight is 269 g/mol. The van der Waals surface area contributed by atoms with Gasteiger partial charge in [0.15, 0.2) is 0 Å². The van der Waals surface area contributed by atoms with Gasteiger partial charge in [-0.1, -0.05) is 0 Å². The van der Waals surface area contributed by atoms with Gasteiger partial charge in [0, 0.05) is 12.1 Å². The molecule has 1 aliphatic heterocycles. The molecule has 1 aromatic rings. The molecule has 102 valence electrons. The summed E-state index contributed by atoms with van der Waals surface area (Å²) in [7, 11) is 0. The third kappa shape index (κ3) is 2.89. The average Bonchev–Trinajstić information content (AvgIpc) is 2.83. The predicted octanol–water partition coefficient (Wildman–Crippen LogP) is 1.58. The van der Waals surface area contributed by atoms with Crippen molar-refractivity contribution < 1.29 is 23.5 Å². The van der Waals surface area contributed by atoms with Gasteiger partial charge in [-0.2, -0.15) is 0 Å². The van der Waals surface area contributed by atoms with Crippen molar-refractivity contribution in [3.63, 3.8) is 0 Å². The molecule has 1 aromatic carbocycles. The fourth-order valence-corrected chi connectivity index (χ4v) is 2.27. The summed E-state index contributed by atoms with van der Waals surface area (Å²) in [5.74, 6) is -2.85. The smallest absolute Gasteiger partial charge is 0.326 e. The van der Waals surface area contributed by atoms with Gasteiger partial charge in [0.2, 0.25) is 5.91 Å². The number of aliphatic carboxylic acids is 1. The number of halogens is 2. The maximum Gasteiger partial charge on any atom is 0.326 e. The van der Waals surface area contributed by atoms with E-state index >= 15 is 0 Å². The number of carbonyl (C=O) groups excluding carboxylic acids is 1. The molecule has 0 saturated carbocycles. The Kier molecular flexibility index (Phi) is 3.78. The topological polar surface area (TPSA) is 57.6 Å². The van der Waals surface area contributed by atoms with E-state index in [1.807, 2.05) is 0 Å². The zero-order valence-corrected chi connectivity index (χ0v) is 10.1. The fraction of sp³-hybridized carbons (Fsp3) is 0.385. The molecule has 0 bridgehead atoms. The van der Waals surface area contributed by atoms with Crippen LogP contribution in [0.15, 0.2) is 18.2 Å². The summed E-state index contributed by atoms with van der Waals surface area (Å²) >= 11 is 0. The second-order valence-electron chi connectivity index (χ2n) is 4.50. The number of likely N-dealkylation sites (tertiary alicyclic amines) is 1. The highest BCUT2D eigenvalue weighted by Crippen LogP contribution is 2.20. The number of carboxylic acid groups (broad SMARTS) is 1. The normalized spacial score (nSPS) is 18.6. The minimum atomic E-state index is -1.06. The minimum Gasteiger partial charge on any atom is -0.480 e. The van der Waals surface area contributed by atoms with Crippen molar-refractivity contribution in [2.45, 2.75) is 25.3 Å². The first-order valence-electron chi connectivity index (χ1n) is 5.95. The SMILES string of the molecule is O=C(O)C1CCCN1C(=O)Cc1cc(F)ccc1F. The Balaban J connectivity index is 2.12. The van der Waals surface area contributed by atoms with E-state index in [1.54, 1.807) is 0 Å². The van der Waals surface area contributed by atoms with Gasteiger partial charge in [0.05, 0.1) is 6.42 Å². The highest BCUT2D eigenvalue weighted by Gasteiger charge is 2.33. The van der Waals surface area contributed by atoms with Crippen molar-refractivity contribution >= 4 is 11.9 Å². The highest BCUT2D eigenvalue weighted by atomic mass is 19.1. The molecule has 1 amide bonds. The van der Waals surface area contributed by atoms with Gasteiger partial charge in [0.25, 0.3) is 0 Å². The predicted molar refractivity (Wildman–Crippen MR) is 62.4 cm³/mol. The van der Waals surface area contributed by atoms with Crippen molar-refractivity contribution in [3.05, 3.63) is 35.4 Å². The van der Waals surface area contributed by atoms with Crippen LogP contribution in [0.25, 0.3) is 0 Å². The summed E-state index contributed by atoms with van der Waals surface area (Å²) < 4.78 is 26.4. The summed E-state index contributed by atoms with van der Waals surface area (Å²) in [6, 6.07) is 2.03. The summed E-state index contributed by atoms with van der Waals surface area (Å²) in [5, 5.41) is 8.97. The number of carbonyl (C=O) groups is 2. The Morgan fingerprint density at radius 3 is 2.79 bits per heavy atom. The van der Waals surface area contributed by atoms with E-state index in [1.165, 1.54) is 4.90 Å². The molecule has 1 atom stereocenters. The van der Waals surface area contributed by atoms with Crippen molar-refractivity contribution in [1.29, 1.82) is 0 Å². The number of hydrogen-bond donors (Lipinski definition) is 1. The van der Waals surface area contributed by atoms with E-state index in [0.29, 0.717) is 19.4 Å². The largest absolute Gasteiger partial charge is 0.480 e. The van der Waals surface area contributed by atoms with Crippen LogP contribution in [-0.2, 0) is 16.0 Å². The first kappa shape index (κ1) is 13.5. The molecule has 1 heterocycles. The highest BCUT2D eigenvalue weighted by molar-refractivity contribution is 5.85. The molecule has 0 radical (unpaired) electrons. The molecule has 4 nitrogen and oxygen atoms in total. The van der Waals surface area contributed by atoms with Crippen LogP contribution >= 0.6 is 0 Å². The summed E-state index contributed by atoms with van der Waals surface area (Å²) in [6.07, 6.45) is 0.675. The molecule has 0 aliphatic carbocycles. The molecule has 1 fully saturated rings. The molecule has 1 aliphatic rings. The quantitative estimate of drug-likeness (QED) is 0.906. The zero-order chi connectivity index (χ0) is 14.0. The lowest BCUT2D eigenvalue weighted by molar-refractivity contribution is -0.148. The fourth-order valence-electron chi connectivity index (χ4n) is 2.27. The lowest BCUT2D eigenvalue weighted by Gasteiger charge is -2.21. The van der Waals surface area contributed by atoms with E-state index in [4.69, 9.17) is 5.11 Å². The van der Waals surface area contributed by atoms with E-state index in [-0.39, 0.29) is 12.0 Å². The van der Waals surface area contributed by atoms with Crippen molar-refractivity contribution in [3.8, 4) is 0 Å². The molecule has 1 saturated heterocycles. The van der Waals surface area contributed by atoms with E-state index in [0.717, 1.165) is 18.2 Å². The number of carboxylic acids is 1. The summed E-state index contributed by atoms with van der Waals surface area (Å²) in [6.45, 7) is 0.340. The van der Waals surface area contributed by atoms with E-state index in [9.17, 15) is 18.4 Å². The Morgan fingerprint density at radius 2 is 2.11 bits per heavy atom. The van der Waals surface area contributed by atoms with Crippen molar-refractivity contribution in [2.24, 2.45) is 0 Å². The maximum absolute atomic E-state index is 13.4. The van der Waals surface area contributed by atoms with Crippen LogP contribution in [-0.4, -0.2) is 34.5 Å². The summed E-state index contributed by atoms with van der Waals surface area (Å²) in [4.78, 5) is 24.1. The first-order chi connectivity index (χ1) is 8.99. The van der Waals surface area contributed by atoms with Crippen molar-refractivity contribution in [1.82, 2.24) is 4.90 Å². The Hall–Kier alpha value is -1.98. The third-order valence-corrected chi connectivity index (χ3v) is 3.21. The molecule has 0 aromatic heterocycles. The van der Waals surface area contributed by atoms with Gasteiger partial charge in [-0.3, -0.25) is 4.79 Å². The van der Waals surface area contributed by atoms with Gasteiger partial charge in [-0.25, -0.2) is 13.6 Å². The van der Waals surface area contributed by atoms with Crippen LogP contribution in [0, 0.1) is 11.6 Å². The van der Waals surface area contributed by atoms with Crippen LogP contribution in [0.2, 0.25) is 0 Å². The summed E-state index contributed by atoms with van der Waals surface area (Å²) in [5.41, 5.74) is -0.0546. The number of benzene rings is 1.